The van der Waals surface area contributed by atoms with Crippen LogP contribution in [0, 0.1) is 17.9 Å². The van der Waals surface area contributed by atoms with Crippen molar-refractivity contribution in [2.75, 3.05) is 0 Å². The number of primary amides is 1. The van der Waals surface area contributed by atoms with Gasteiger partial charge in [-0.3, -0.25) is 4.79 Å². The minimum absolute atomic E-state index is 0.343. The summed E-state index contributed by atoms with van der Waals surface area (Å²) in [7, 11) is 0. The van der Waals surface area contributed by atoms with Crippen molar-refractivity contribution >= 4 is 5.91 Å². The maximum absolute atomic E-state index is 12.1. The van der Waals surface area contributed by atoms with Gasteiger partial charge < -0.3 is 5.73 Å². The van der Waals surface area contributed by atoms with Gasteiger partial charge in [0.05, 0.1) is 5.56 Å². The normalized spacial score (nSPS) is 8.42. The Bertz CT molecular complexity index is 349. The zero-order chi connectivity index (χ0) is 8.97. The predicted octanol–water partition coefficient (Wildman–Crippen LogP) is -0.548. The van der Waals surface area contributed by atoms with E-state index in [2.05, 4.69) is 21.8 Å². The van der Waals surface area contributed by atoms with E-state index in [-0.39, 0.29) is 0 Å². The molecule has 1 amide bonds. The second-order valence-electron chi connectivity index (χ2n) is 1.86. The fourth-order valence-electron chi connectivity index (χ4n) is 0.511. The quantitative estimate of drug-likeness (QED) is 0.414. The maximum Gasteiger partial charge on any atom is 0.308 e. The second-order valence-corrected chi connectivity index (χ2v) is 1.86. The molecular formula is C7H4FN3O. The Hall–Kier alpha value is -1.96. The van der Waals surface area contributed by atoms with Gasteiger partial charge >= 0.3 is 6.08 Å². The Kier molecular flexibility index (Phi) is 2.33. The second kappa shape index (κ2) is 3.44. The van der Waals surface area contributed by atoms with Crippen molar-refractivity contribution in [1.29, 1.82) is 0 Å². The molecule has 0 fully saturated rings. The Morgan fingerprint density at radius 1 is 1.50 bits per heavy atom. The molecule has 4 nitrogen and oxygen atoms in total. The van der Waals surface area contributed by atoms with Crippen LogP contribution in [-0.4, -0.2) is 15.9 Å². The van der Waals surface area contributed by atoms with Gasteiger partial charge in [-0.1, -0.05) is 5.92 Å². The first kappa shape index (κ1) is 8.14. The third-order valence-electron chi connectivity index (χ3n) is 0.950. The third-order valence-corrected chi connectivity index (χ3v) is 0.950. The highest BCUT2D eigenvalue weighted by molar-refractivity contribution is 5.92. The van der Waals surface area contributed by atoms with E-state index in [1.54, 1.807) is 0 Å². The van der Waals surface area contributed by atoms with Gasteiger partial charge in [-0.15, -0.1) is 0 Å². The van der Waals surface area contributed by atoms with E-state index < -0.39 is 12.0 Å². The van der Waals surface area contributed by atoms with Crippen LogP contribution in [0.5, 0.6) is 0 Å². The van der Waals surface area contributed by atoms with E-state index in [0.717, 1.165) is 12.4 Å². The van der Waals surface area contributed by atoms with Crippen molar-refractivity contribution in [3.63, 3.8) is 0 Å². The van der Waals surface area contributed by atoms with E-state index in [9.17, 15) is 9.18 Å². The number of nitrogens with zero attached hydrogens (tertiary/aromatic N) is 2. The molecule has 0 aliphatic heterocycles. The molecule has 0 aliphatic rings. The van der Waals surface area contributed by atoms with Gasteiger partial charge in [0.1, 0.15) is 0 Å². The Labute approximate surface area is 67.6 Å². The molecule has 0 spiro atoms. The number of amides is 1. The topological polar surface area (TPSA) is 68.9 Å². The molecule has 1 rings (SSSR count). The number of nitrogens with two attached hydrogens (primary N) is 1. The summed E-state index contributed by atoms with van der Waals surface area (Å²) >= 11 is 0. The monoisotopic (exact) mass is 165 g/mol. The van der Waals surface area contributed by atoms with Gasteiger partial charge in [-0.05, 0) is 0 Å². The summed E-state index contributed by atoms with van der Waals surface area (Å²) in [6.07, 6.45) is 1.50. The summed E-state index contributed by atoms with van der Waals surface area (Å²) in [5, 5.41) is 0. The summed E-state index contributed by atoms with van der Waals surface area (Å²) in [6.45, 7) is 0. The molecule has 2 N–H and O–H groups in total. The molecule has 60 valence electrons. The summed E-state index contributed by atoms with van der Waals surface area (Å²) in [5.41, 5.74) is 5.09. The third kappa shape index (κ3) is 2.34. The van der Waals surface area contributed by atoms with Crippen LogP contribution in [0.4, 0.5) is 4.39 Å². The van der Waals surface area contributed by atoms with Crippen molar-refractivity contribution in [3.05, 3.63) is 24.0 Å². The number of carbonyl (C=O) groups excluding carboxylic acids is 1. The standard InChI is InChI=1S/C7H4FN3O/c8-7-10-3-5(4-11-7)1-2-6(9)12/h3-4H,(H2,9,12). The molecule has 1 aromatic rings. The lowest BCUT2D eigenvalue weighted by Crippen LogP contribution is -2.06. The summed E-state index contributed by atoms with van der Waals surface area (Å²) in [4.78, 5) is 16.6. The summed E-state index contributed by atoms with van der Waals surface area (Å²) in [6, 6.07) is 0. The molecule has 0 radical (unpaired) electrons. The van der Waals surface area contributed by atoms with Gasteiger partial charge in [-0.25, -0.2) is 9.97 Å². The molecule has 0 aliphatic carbocycles. The molecule has 0 unspecified atom stereocenters. The largest absolute Gasteiger partial charge is 0.359 e. The Morgan fingerprint density at radius 3 is 2.58 bits per heavy atom. The molecule has 0 saturated heterocycles. The van der Waals surface area contributed by atoms with Crippen LogP contribution >= 0.6 is 0 Å². The zero-order valence-corrected chi connectivity index (χ0v) is 5.91. The predicted molar refractivity (Wildman–Crippen MR) is 38.1 cm³/mol. The average Bonchev–Trinajstić information content (AvgIpc) is 2.03. The van der Waals surface area contributed by atoms with Crippen LogP contribution in [0.25, 0.3) is 0 Å². The van der Waals surface area contributed by atoms with Gasteiger partial charge in [0.15, 0.2) is 0 Å². The first-order chi connectivity index (χ1) is 5.68. The molecule has 0 saturated carbocycles. The average molecular weight is 165 g/mol. The van der Waals surface area contributed by atoms with Crippen LogP contribution in [-0.2, 0) is 4.79 Å². The van der Waals surface area contributed by atoms with Crippen molar-refractivity contribution in [3.8, 4) is 11.8 Å². The summed E-state index contributed by atoms with van der Waals surface area (Å²) in [5.74, 6) is 3.67. The summed E-state index contributed by atoms with van der Waals surface area (Å²) < 4.78 is 12.1. The van der Waals surface area contributed by atoms with E-state index in [4.69, 9.17) is 5.73 Å². The first-order valence-corrected chi connectivity index (χ1v) is 2.97. The minimum Gasteiger partial charge on any atom is -0.359 e. The molecule has 12 heavy (non-hydrogen) atoms. The van der Waals surface area contributed by atoms with Gasteiger partial charge in [0.2, 0.25) is 0 Å². The molecule has 1 heterocycles. The molecule has 5 heteroatoms. The number of carbonyl (C=O) groups is 1. The van der Waals surface area contributed by atoms with E-state index >= 15 is 0 Å². The highest BCUT2D eigenvalue weighted by atomic mass is 19.1. The first-order valence-electron chi connectivity index (χ1n) is 2.97. The fraction of sp³-hybridized carbons (Fsp3) is 0. The van der Waals surface area contributed by atoms with Gasteiger partial charge in [-0.2, -0.15) is 4.39 Å². The van der Waals surface area contributed by atoms with E-state index in [0.29, 0.717) is 5.56 Å². The molecule has 0 aromatic carbocycles. The SMILES string of the molecule is NC(=O)C#Cc1cnc(F)nc1. The molecular weight excluding hydrogens is 161 g/mol. The van der Waals surface area contributed by atoms with Crippen molar-refractivity contribution in [2.45, 2.75) is 0 Å². The van der Waals surface area contributed by atoms with Crippen molar-refractivity contribution in [2.24, 2.45) is 5.73 Å². The molecule has 0 bridgehead atoms. The Balaban J connectivity index is 2.86. The highest BCUT2D eigenvalue weighted by Gasteiger charge is 1.91. The van der Waals surface area contributed by atoms with E-state index in [1.807, 2.05) is 0 Å². The molecule has 1 aromatic heterocycles. The lowest BCUT2D eigenvalue weighted by atomic mass is 10.3. The number of hydrogen-bond donors (Lipinski definition) is 1. The Morgan fingerprint density at radius 2 is 2.08 bits per heavy atom. The van der Waals surface area contributed by atoms with Crippen LogP contribution in [0.3, 0.4) is 0 Å². The fourth-order valence-corrected chi connectivity index (χ4v) is 0.511. The number of hydrogen-bond acceptors (Lipinski definition) is 3. The highest BCUT2D eigenvalue weighted by Crippen LogP contribution is 1.91. The zero-order valence-electron chi connectivity index (χ0n) is 5.91. The van der Waals surface area contributed by atoms with Crippen LogP contribution in [0.15, 0.2) is 12.4 Å². The lowest BCUT2D eigenvalue weighted by Gasteiger charge is -1.86. The lowest BCUT2D eigenvalue weighted by molar-refractivity contribution is -0.112. The number of halogens is 1. The maximum atomic E-state index is 12.1. The van der Waals surface area contributed by atoms with Gasteiger partial charge in [0.25, 0.3) is 5.91 Å². The smallest absolute Gasteiger partial charge is 0.308 e. The van der Waals surface area contributed by atoms with Gasteiger partial charge in [0, 0.05) is 18.3 Å². The van der Waals surface area contributed by atoms with E-state index in [1.165, 1.54) is 0 Å². The minimum atomic E-state index is -0.834. The van der Waals surface area contributed by atoms with Crippen molar-refractivity contribution < 1.29 is 9.18 Å². The number of aromatic nitrogens is 2. The number of rotatable bonds is 0. The van der Waals surface area contributed by atoms with Crippen molar-refractivity contribution in [1.82, 2.24) is 9.97 Å². The van der Waals surface area contributed by atoms with Crippen LogP contribution in [0.2, 0.25) is 0 Å². The van der Waals surface area contributed by atoms with Crippen LogP contribution < -0.4 is 5.73 Å². The molecule has 0 atom stereocenters. The van der Waals surface area contributed by atoms with Crippen LogP contribution in [0.1, 0.15) is 5.56 Å².